The topological polar surface area (TPSA) is 52.6 Å². The van der Waals surface area contributed by atoms with Gasteiger partial charge in [0.1, 0.15) is 8.07 Å². The molecule has 0 aromatic heterocycles. The number of hydrogen-bond acceptors (Lipinski definition) is 4. The Kier molecular flexibility index (Phi) is 7.56. The molecule has 0 atom stereocenters. The second kappa shape index (κ2) is 9.88. The smallest absolute Gasteiger partial charge is 0.337 e. The Labute approximate surface area is 167 Å². The summed E-state index contributed by atoms with van der Waals surface area (Å²) in [5.74, 6) is -0.660. The van der Waals surface area contributed by atoms with Crippen molar-refractivity contribution >= 4 is 30.4 Å². The summed E-state index contributed by atoms with van der Waals surface area (Å²) in [7, 11) is -0.769. The number of carbonyl (C=O) groups excluding carboxylic acids is 2. The van der Waals surface area contributed by atoms with Crippen molar-refractivity contribution < 1.29 is 19.1 Å². The zero-order valence-electron chi connectivity index (χ0n) is 16.8. The van der Waals surface area contributed by atoms with Crippen molar-refractivity contribution in [2.45, 2.75) is 26.4 Å². The molecule has 0 unspecified atom stereocenters. The van der Waals surface area contributed by atoms with Crippen LogP contribution in [0.1, 0.15) is 29.3 Å². The average molecular weight is 395 g/mol. The van der Waals surface area contributed by atoms with Gasteiger partial charge in [-0.05, 0) is 35.9 Å². The SMILES string of the molecule is CCOC(=O)CC=C=C(c1cccc(C(=O)OC)c1)[Si](C)(C)c1ccccc1. The van der Waals surface area contributed by atoms with Crippen LogP contribution in [0.25, 0.3) is 5.20 Å². The van der Waals surface area contributed by atoms with Crippen molar-refractivity contribution in [3.63, 3.8) is 0 Å². The van der Waals surface area contributed by atoms with Crippen molar-refractivity contribution in [3.05, 3.63) is 77.5 Å². The van der Waals surface area contributed by atoms with E-state index in [4.69, 9.17) is 9.47 Å². The molecule has 0 heterocycles. The number of methoxy groups -OCH3 is 1. The fourth-order valence-corrected chi connectivity index (χ4v) is 5.65. The Morgan fingerprint density at radius 1 is 1.04 bits per heavy atom. The normalized spacial score (nSPS) is 10.6. The largest absolute Gasteiger partial charge is 0.466 e. The number of esters is 2. The molecule has 0 aliphatic heterocycles. The van der Waals surface area contributed by atoms with Crippen LogP contribution in [-0.2, 0) is 14.3 Å². The van der Waals surface area contributed by atoms with E-state index in [1.807, 2.05) is 36.4 Å². The maximum Gasteiger partial charge on any atom is 0.337 e. The van der Waals surface area contributed by atoms with Crippen LogP contribution >= 0.6 is 0 Å². The van der Waals surface area contributed by atoms with Gasteiger partial charge in [-0.3, -0.25) is 4.79 Å². The predicted molar refractivity (Wildman–Crippen MR) is 114 cm³/mol. The quantitative estimate of drug-likeness (QED) is 0.403. The molecule has 2 rings (SSSR count). The first-order valence-electron chi connectivity index (χ1n) is 9.25. The molecule has 0 bridgehead atoms. The van der Waals surface area contributed by atoms with Gasteiger partial charge >= 0.3 is 11.9 Å². The van der Waals surface area contributed by atoms with Crippen LogP contribution in [0.5, 0.6) is 0 Å². The Hall–Kier alpha value is -2.88. The molecule has 0 saturated carbocycles. The third kappa shape index (κ3) is 5.32. The summed E-state index contributed by atoms with van der Waals surface area (Å²) >= 11 is 0. The highest BCUT2D eigenvalue weighted by Gasteiger charge is 2.29. The van der Waals surface area contributed by atoms with Crippen LogP contribution in [0.15, 0.2) is 66.4 Å². The minimum Gasteiger partial charge on any atom is -0.466 e. The van der Waals surface area contributed by atoms with E-state index in [2.05, 4.69) is 31.0 Å². The first kappa shape index (κ1) is 21.4. The van der Waals surface area contributed by atoms with E-state index in [1.165, 1.54) is 12.3 Å². The summed E-state index contributed by atoms with van der Waals surface area (Å²) in [5.41, 5.74) is 4.74. The lowest BCUT2D eigenvalue weighted by Gasteiger charge is -2.25. The highest BCUT2D eigenvalue weighted by molar-refractivity contribution is 7.04. The summed E-state index contributed by atoms with van der Waals surface area (Å²) in [4.78, 5) is 23.7. The summed E-state index contributed by atoms with van der Waals surface area (Å²) in [6.07, 6.45) is 1.88. The molecule has 0 aliphatic carbocycles. The molecule has 0 fully saturated rings. The molecule has 2 aromatic carbocycles. The van der Waals surface area contributed by atoms with Gasteiger partial charge in [0.25, 0.3) is 0 Å². The van der Waals surface area contributed by atoms with Crippen LogP contribution in [0.4, 0.5) is 0 Å². The molecular formula is C23H26O4Si. The van der Waals surface area contributed by atoms with Crippen LogP contribution in [0, 0.1) is 0 Å². The molecule has 5 heteroatoms. The molecule has 0 radical (unpaired) electrons. The van der Waals surface area contributed by atoms with Crippen LogP contribution in [-0.4, -0.2) is 33.7 Å². The molecule has 28 heavy (non-hydrogen) atoms. The van der Waals surface area contributed by atoms with E-state index >= 15 is 0 Å². The lowest BCUT2D eigenvalue weighted by atomic mass is 10.1. The molecule has 146 valence electrons. The summed E-state index contributed by atoms with van der Waals surface area (Å²) < 4.78 is 9.85. The van der Waals surface area contributed by atoms with E-state index in [-0.39, 0.29) is 18.4 Å². The molecule has 0 saturated heterocycles. The van der Waals surface area contributed by atoms with Gasteiger partial charge in [0.2, 0.25) is 0 Å². The van der Waals surface area contributed by atoms with Gasteiger partial charge in [-0.25, -0.2) is 4.79 Å². The maximum absolute atomic E-state index is 12.0. The van der Waals surface area contributed by atoms with E-state index in [9.17, 15) is 9.59 Å². The number of ether oxygens (including phenoxy) is 2. The molecule has 0 amide bonds. The molecule has 4 nitrogen and oxygen atoms in total. The minimum absolute atomic E-state index is 0.160. The number of hydrogen-bond donors (Lipinski definition) is 0. The Balaban J connectivity index is 2.55. The number of rotatable bonds is 7. The fraction of sp³-hybridized carbons (Fsp3) is 0.261. The van der Waals surface area contributed by atoms with E-state index in [1.54, 1.807) is 19.1 Å². The maximum atomic E-state index is 12.0. The van der Waals surface area contributed by atoms with E-state index in [0.29, 0.717) is 12.2 Å². The highest BCUT2D eigenvalue weighted by Crippen LogP contribution is 2.26. The van der Waals surface area contributed by atoms with Gasteiger partial charge < -0.3 is 9.47 Å². The first-order valence-corrected chi connectivity index (χ1v) is 12.3. The van der Waals surface area contributed by atoms with Gasteiger partial charge in [0, 0.05) is 0 Å². The zero-order chi connectivity index (χ0) is 20.6. The lowest BCUT2D eigenvalue weighted by Crippen LogP contribution is -2.42. The van der Waals surface area contributed by atoms with Gasteiger partial charge in [-0.1, -0.05) is 60.7 Å². The Morgan fingerprint density at radius 3 is 2.36 bits per heavy atom. The summed E-state index contributed by atoms with van der Waals surface area (Å²) in [6, 6.07) is 17.6. The Morgan fingerprint density at radius 2 is 1.71 bits per heavy atom. The van der Waals surface area contributed by atoms with Gasteiger partial charge in [-0.2, -0.15) is 0 Å². The molecule has 0 spiro atoms. The van der Waals surface area contributed by atoms with Crippen LogP contribution in [0.2, 0.25) is 13.1 Å². The lowest BCUT2D eigenvalue weighted by molar-refractivity contribution is -0.142. The summed E-state index contributed by atoms with van der Waals surface area (Å²) in [5, 5.41) is 2.25. The van der Waals surface area contributed by atoms with Crippen LogP contribution < -0.4 is 5.19 Å². The van der Waals surface area contributed by atoms with E-state index < -0.39 is 8.07 Å². The van der Waals surface area contributed by atoms with Gasteiger partial charge in [0.15, 0.2) is 0 Å². The first-order chi connectivity index (χ1) is 13.4. The van der Waals surface area contributed by atoms with Crippen LogP contribution in [0.3, 0.4) is 0 Å². The predicted octanol–water partition coefficient (Wildman–Crippen LogP) is 4.12. The van der Waals surface area contributed by atoms with Crippen molar-refractivity contribution in [3.8, 4) is 0 Å². The van der Waals surface area contributed by atoms with E-state index in [0.717, 1.165) is 10.8 Å². The number of carbonyl (C=O) groups is 2. The minimum atomic E-state index is -2.14. The van der Waals surface area contributed by atoms with Crippen molar-refractivity contribution in [2.24, 2.45) is 0 Å². The average Bonchev–Trinajstić information content (AvgIpc) is 2.71. The highest BCUT2D eigenvalue weighted by atomic mass is 28.3. The molecule has 0 aliphatic rings. The monoisotopic (exact) mass is 394 g/mol. The van der Waals surface area contributed by atoms with Gasteiger partial charge in [-0.15, -0.1) is 5.73 Å². The number of benzene rings is 2. The summed E-state index contributed by atoms with van der Waals surface area (Å²) in [6.45, 7) is 6.60. The Bertz CT molecular complexity index is 894. The standard InChI is InChI=1S/C23H26O4Si/c1-5-27-22(24)16-10-15-21(28(3,4)20-13-7-6-8-14-20)18-11-9-12-19(17-18)23(25)26-2/h6-14,17H,5,16H2,1-4H3. The van der Waals surface area contributed by atoms with Crippen molar-refractivity contribution in [1.29, 1.82) is 0 Å². The second-order valence-electron chi connectivity index (χ2n) is 6.80. The fourth-order valence-electron chi connectivity index (χ4n) is 3.00. The van der Waals surface area contributed by atoms with Gasteiger partial charge in [0.05, 0.1) is 25.7 Å². The third-order valence-electron chi connectivity index (χ3n) is 4.51. The van der Waals surface area contributed by atoms with Crippen molar-refractivity contribution in [2.75, 3.05) is 13.7 Å². The van der Waals surface area contributed by atoms with Crippen molar-refractivity contribution in [1.82, 2.24) is 0 Å². The third-order valence-corrected chi connectivity index (χ3v) is 7.97. The molecular weight excluding hydrogens is 368 g/mol. The molecule has 2 aromatic rings. The molecule has 0 N–H and O–H groups in total. The zero-order valence-corrected chi connectivity index (χ0v) is 17.8. The second-order valence-corrected chi connectivity index (χ2v) is 11.1.